The van der Waals surface area contributed by atoms with E-state index in [0.717, 1.165) is 31.6 Å². The highest BCUT2D eigenvalue weighted by atomic mass is 16.3. The number of hydrogen-bond acceptors (Lipinski definition) is 3. The molecule has 0 spiro atoms. The summed E-state index contributed by atoms with van der Waals surface area (Å²) < 4.78 is 0. The molecule has 0 amide bonds. The molecule has 0 aromatic rings. The highest BCUT2D eigenvalue weighted by Gasteiger charge is 2.28. The number of aliphatic hydroxyl groups excluding tert-OH is 1. The van der Waals surface area contributed by atoms with Crippen molar-refractivity contribution < 1.29 is 5.11 Å². The Morgan fingerprint density at radius 3 is 2.40 bits per heavy atom. The standard InChI is InChI=1S/C12H24N2O/c1-11-2-3-12(10-11)14-6-4-13(5-7-14)8-9-15/h11-12,15H,2-10H2,1H3/t11-,12-/m0/s1. The van der Waals surface area contributed by atoms with Gasteiger partial charge in [-0.05, 0) is 25.2 Å². The van der Waals surface area contributed by atoms with Gasteiger partial charge in [-0.2, -0.15) is 0 Å². The SMILES string of the molecule is C[C@H]1CC[C@H](N2CCN(CCO)CC2)C1. The van der Waals surface area contributed by atoms with Crippen LogP contribution >= 0.6 is 0 Å². The van der Waals surface area contributed by atoms with Crippen molar-refractivity contribution in [2.45, 2.75) is 32.2 Å². The molecule has 2 aliphatic rings. The van der Waals surface area contributed by atoms with Crippen LogP contribution in [0.1, 0.15) is 26.2 Å². The molecule has 0 radical (unpaired) electrons. The minimum atomic E-state index is 0.306. The normalized spacial score (nSPS) is 34.8. The van der Waals surface area contributed by atoms with Crippen LogP contribution in [0.2, 0.25) is 0 Å². The average Bonchev–Trinajstić information content (AvgIpc) is 2.67. The van der Waals surface area contributed by atoms with Gasteiger partial charge in [-0.25, -0.2) is 0 Å². The molecule has 2 fully saturated rings. The van der Waals surface area contributed by atoms with Gasteiger partial charge in [-0.3, -0.25) is 9.80 Å². The van der Waals surface area contributed by atoms with Gasteiger partial charge in [0, 0.05) is 38.8 Å². The molecule has 1 aliphatic carbocycles. The number of nitrogens with zero attached hydrogens (tertiary/aromatic N) is 2. The second kappa shape index (κ2) is 5.28. The van der Waals surface area contributed by atoms with Gasteiger partial charge in [-0.1, -0.05) is 6.92 Å². The smallest absolute Gasteiger partial charge is 0.0558 e. The molecule has 0 aromatic carbocycles. The monoisotopic (exact) mass is 212 g/mol. The summed E-state index contributed by atoms with van der Waals surface area (Å²) >= 11 is 0. The quantitative estimate of drug-likeness (QED) is 0.749. The fraction of sp³-hybridized carbons (Fsp3) is 1.00. The summed E-state index contributed by atoms with van der Waals surface area (Å²) in [7, 11) is 0. The Balaban J connectivity index is 1.73. The Labute approximate surface area is 93.1 Å². The van der Waals surface area contributed by atoms with Gasteiger partial charge in [-0.15, -0.1) is 0 Å². The zero-order chi connectivity index (χ0) is 10.7. The van der Waals surface area contributed by atoms with Crippen LogP contribution in [0.3, 0.4) is 0 Å². The van der Waals surface area contributed by atoms with Gasteiger partial charge >= 0.3 is 0 Å². The first-order valence-electron chi connectivity index (χ1n) is 6.37. The first kappa shape index (κ1) is 11.4. The molecule has 3 heteroatoms. The predicted octanol–water partition coefficient (Wildman–Crippen LogP) is 0.785. The number of hydrogen-bond donors (Lipinski definition) is 1. The molecule has 0 bridgehead atoms. The third-order valence-electron chi connectivity index (χ3n) is 4.01. The molecule has 2 atom stereocenters. The molecule has 0 unspecified atom stereocenters. The van der Waals surface area contributed by atoms with Gasteiger partial charge in [0.05, 0.1) is 6.61 Å². The Morgan fingerprint density at radius 2 is 1.87 bits per heavy atom. The second-order valence-corrected chi connectivity index (χ2v) is 5.17. The lowest BCUT2D eigenvalue weighted by Crippen LogP contribution is -2.50. The third-order valence-corrected chi connectivity index (χ3v) is 4.01. The number of piperazine rings is 1. The first-order valence-corrected chi connectivity index (χ1v) is 6.37. The van der Waals surface area contributed by atoms with Crippen LogP contribution in [-0.4, -0.2) is 60.3 Å². The van der Waals surface area contributed by atoms with Crippen LogP contribution in [0.15, 0.2) is 0 Å². The van der Waals surface area contributed by atoms with E-state index < -0.39 is 0 Å². The van der Waals surface area contributed by atoms with E-state index in [1.165, 1.54) is 32.4 Å². The molecular weight excluding hydrogens is 188 g/mol. The number of β-amino-alcohol motifs (C(OH)–C–C–N with tert-alkyl or cyclic N) is 1. The van der Waals surface area contributed by atoms with Crippen molar-refractivity contribution in [1.82, 2.24) is 9.80 Å². The summed E-state index contributed by atoms with van der Waals surface area (Å²) in [5.41, 5.74) is 0. The maximum atomic E-state index is 8.88. The summed E-state index contributed by atoms with van der Waals surface area (Å²) in [6.07, 6.45) is 4.22. The zero-order valence-electron chi connectivity index (χ0n) is 9.86. The van der Waals surface area contributed by atoms with Gasteiger partial charge in [0.15, 0.2) is 0 Å². The summed E-state index contributed by atoms with van der Waals surface area (Å²) in [5.74, 6) is 0.936. The highest BCUT2D eigenvalue weighted by molar-refractivity contribution is 4.84. The van der Waals surface area contributed by atoms with E-state index in [-0.39, 0.29) is 0 Å². The predicted molar refractivity (Wildman–Crippen MR) is 61.9 cm³/mol. The van der Waals surface area contributed by atoms with Gasteiger partial charge in [0.25, 0.3) is 0 Å². The average molecular weight is 212 g/mol. The van der Waals surface area contributed by atoms with E-state index in [1.807, 2.05) is 0 Å². The molecule has 1 N–H and O–H groups in total. The van der Waals surface area contributed by atoms with Crippen molar-refractivity contribution in [3.05, 3.63) is 0 Å². The largest absolute Gasteiger partial charge is 0.395 e. The van der Waals surface area contributed by atoms with Crippen LogP contribution in [-0.2, 0) is 0 Å². The minimum Gasteiger partial charge on any atom is -0.395 e. The molecule has 1 saturated carbocycles. The summed E-state index contributed by atoms with van der Waals surface area (Å²) in [6.45, 7) is 8.24. The van der Waals surface area contributed by atoms with Crippen LogP contribution in [0.4, 0.5) is 0 Å². The molecule has 2 rings (SSSR count). The Morgan fingerprint density at radius 1 is 1.13 bits per heavy atom. The molecule has 1 saturated heterocycles. The number of rotatable bonds is 3. The van der Waals surface area contributed by atoms with Crippen molar-refractivity contribution in [2.24, 2.45) is 5.92 Å². The van der Waals surface area contributed by atoms with Crippen molar-refractivity contribution in [2.75, 3.05) is 39.3 Å². The fourth-order valence-electron chi connectivity index (χ4n) is 3.00. The van der Waals surface area contributed by atoms with Crippen LogP contribution in [0.5, 0.6) is 0 Å². The minimum absolute atomic E-state index is 0.306. The fourth-order valence-corrected chi connectivity index (χ4v) is 3.00. The molecule has 3 nitrogen and oxygen atoms in total. The summed E-state index contributed by atoms with van der Waals surface area (Å²) in [6, 6.07) is 0.858. The lowest BCUT2D eigenvalue weighted by atomic mass is 10.1. The number of aliphatic hydroxyl groups is 1. The van der Waals surface area contributed by atoms with Crippen LogP contribution in [0.25, 0.3) is 0 Å². The molecule has 1 heterocycles. The van der Waals surface area contributed by atoms with E-state index >= 15 is 0 Å². The summed E-state index contributed by atoms with van der Waals surface area (Å²) in [4.78, 5) is 5.03. The van der Waals surface area contributed by atoms with Crippen molar-refractivity contribution in [3.63, 3.8) is 0 Å². The van der Waals surface area contributed by atoms with Gasteiger partial charge in [0.1, 0.15) is 0 Å². The lowest BCUT2D eigenvalue weighted by Gasteiger charge is -2.37. The van der Waals surface area contributed by atoms with Gasteiger partial charge in [0.2, 0.25) is 0 Å². The molecule has 1 aliphatic heterocycles. The van der Waals surface area contributed by atoms with Crippen molar-refractivity contribution >= 4 is 0 Å². The second-order valence-electron chi connectivity index (χ2n) is 5.17. The summed E-state index contributed by atoms with van der Waals surface area (Å²) in [5, 5.41) is 8.88. The maximum Gasteiger partial charge on any atom is 0.0558 e. The van der Waals surface area contributed by atoms with E-state index in [1.54, 1.807) is 0 Å². The highest BCUT2D eigenvalue weighted by Crippen LogP contribution is 2.29. The first-order chi connectivity index (χ1) is 7.29. The van der Waals surface area contributed by atoms with Crippen LogP contribution < -0.4 is 0 Å². The Kier molecular flexibility index (Phi) is 4.00. The molecule has 0 aromatic heterocycles. The van der Waals surface area contributed by atoms with Gasteiger partial charge < -0.3 is 5.11 Å². The maximum absolute atomic E-state index is 8.88. The lowest BCUT2D eigenvalue weighted by molar-refractivity contribution is 0.0843. The van der Waals surface area contributed by atoms with E-state index in [9.17, 15) is 0 Å². The third kappa shape index (κ3) is 2.92. The van der Waals surface area contributed by atoms with Crippen molar-refractivity contribution in [3.8, 4) is 0 Å². The molecule has 15 heavy (non-hydrogen) atoms. The van der Waals surface area contributed by atoms with E-state index in [2.05, 4.69) is 16.7 Å². The van der Waals surface area contributed by atoms with Crippen LogP contribution in [0, 0.1) is 5.92 Å². The van der Waals surface area contributed by atoms with E-state index in [4.69, 9.17) is 5.11 Å². The topological polar surface area (TPSA) is 26.7 Å². The Hall–Kier alpha value is -0.120. The van der Waals surface area contributed by atoms with E-state index in [0.29, 0.717) is 6.61 Å². The zero-order valence-corrected chi connectivity index (χ0v) is 9.86. The van der Waals surface area contributed by atoms with Crippen molar-refractivity contribution in [1.29, 1.82) is 0 Å². The molecular formula is C12H24N2O. The Bertz CT molecular complexity index is 190. The molecule has 88 valence electrons.